The van der Waals surface area contributed by atoms with E-state index in [1.165, 1.54) is 11.8 Å². The highest BCUT2D eigenvalue weighted by Crippen LogP contribution is 2.36. The maximum absolute atomic E-state index is 11.9. The fourth-order valence-corrected chi connectivity index (χ4v) is 2.87. The highest BCUT2D eigenvalue weighted by Gasteiger charge is 2.39. The van der Waals surface area contributed by atoms with E-state index in [0.29, 0.717) is 30.9 Å². The molecule has 0 N–H and O–H groups in total. The Balaban J connectivity index is 2.47. The van der Waals surface area contributed by atoms with E-state index >= 15 is 0 Å². The second-order valence-electron chi connectivity index (χ2n) is 5.12. The van der Waals surface area contributed by atoms with Gasteiger partial charge in [-0.1, -0.05) is 13.3 Å². The van der Waals surface area contributed by atoms with Crippen LogP contribution < -0.4 is 4.90 Å². The summed E-state index contributed by atoms with van der Waals surface area (Å²) in [7, 11) is 3.01. The first-order valence-electron chi connectivity index (χ1n) is 7.06. The monoisotopic (exact) mass is 296 g/mol. The number of aryl methyl sites for hydroxylation is 2. The smallest absolute Gasteiger partial charge is 0.334 e. The number of carbonyl (C=O) groups is 1. The first kappa shape index (κ1) is 15.3. The van der Waals surface area contributed by atoms with E-state index in [-0.39, 0.29) is 11.7 Å². The van der Waals surface area contributed by atoms with E-state index in [4.69, 9.17) is 4.74 Å². The predicted octanol–water partition coefficient (Wildman–Crippen LogP) is 1.42. The van der Waals surface area contributed by atoms with Crippen molar-refractivity contribution in [2.45, 2.75) is 38.6 Å². The van der Waals surface area contributed by atoms with Gasteiger partial charge in [0.1, 0.15) is 11.7 Å². The van der Waals surface area contributed by atoms with Gasteiger partial charge in [0.25, 0.3) is 0 Å². The number of nitrogens with zero attached hydrogens (tertiary/aromatic N) is 4. The minimum atomic E-state index is -0.474. The van der Waals surface area contributed by atoms with Crippen LogP contribution in [0.15, 0.2) is 0 Å². The van der Waals surface area contributed by atoms with Crippen molar-refractivity contribution in [3.05, 3.63) is 15.8 Å². The number of nitro groups is 1. The number of methoxy groups -OCH3 is 1. The van der Waals surface area contributed by atoms with Crippen molar-refractivity contribution < 1.29 is 14.5 Å². The van der Waals surface area contributed by atoms with Crippen LogP contribution >= 0.6 is 0 Å². The lowest BCUT2D eigenvalue weighted by Gasteiger charge is -2.23. The van der Waals surface area contributed by atoms with E-state index < -0.39 is 11.0 Å². The van der Waals surface area contributed by atoms with Crippen LogP contribution in [0.25, 0.3) is 0 Å². The van der Waals surface area contributed by atoms with Crippen LogP contribution in [-0.2, 0) is 23.0 Å². The molecule has 0 amide bonds. The van der Waals surface area contributed by atoms with Crippen molar-refractivity contribution in [1.82, 2.24) is 9.78 Å². The summed E-state index contributed by atoms with van der Waals surface area (Å²) in [4.78, 5) is 24.6. The third kappa shape index (κ3) is 2.70. The van der Waals surface area contributed by atoms with Gasteiger partial charge in [0.2, 0.25) is 5.82 Å². The third-order valence-corrected chi connectivity index (χ3v) is 3.73. The number of esters is 1. The fourth-order valence-electron chi connectivity index (χ4n) is 2.87. The van der Waals surface area contributed by atoms with Crippen LogP contribution in [0, 0.1) is 10.1 Å². The minimum absolute atomic E-state index is 0.00940. The Kier molecular flexibility index (Phi) is 4.44. The largest absolute Gasteiger partial charge is 0.467 e. The Labute approximate surface area is 122 Å². The summed E-state index contributed by atoms with van der Waals surface area (Å²) in [6.45, 7) is 2.54. The Morgan fingerprint density at radius 2 is 2.29 bits per heavy atom. The molecular weight excluding hydrogens is 276 g/mol. The van der Waals surface area contributed by atoms with E-state index in [2.05, 4.69) is 5.10 Å². The highest BCUT2D eigenvalue weighted by atomic mass is 16.6. The summed E-state index contributed by atoms with van der Waals surface area (Å²) >= 11 is 0. The van der Waals surface area contributed by atoms with Crippen LogP contribution in [0.4, 0.5) is 11.5 Å². The highest BCUT2D eigenvalue weighted by molar-refractivity contribution is 5.82. The quantitative estimate of drug-likeness (QED) is 0.463. The fraction of sp³-hybridized carbons (Fsp3) is 0.692. The van der Waals surface area contributed by atoms with Gasteiger partial charge in [-0.15, -0.1) is 0 Å². The molecule has 1 aromatic heterocycles. The van der Waals surface area contributed by atoms with Crippen molar-refractivity contribution in [3.8, 4) is 0 Å². The van der Waals surface area contributed by atoms with Crippen molar-refractivity contribution in [2.24, 2.45) is 7.05 Å². The van der Waals surface area contributed by atoms with Crippen LogP contribution in [0.3, 0.4) is 0 Å². The number of hydrogen-bond acceptors (Lipinski definition) is 6. The molecule has 1 aromatic rings. The lowest BCUT2D eigenvalue weighted by atomic mass is 10.2. The first-order chi connectivity index (χ1) is 10.0. The van der Waals surface area contributed by atoms with E-state index in [0.717, 1.165) is 12.8 Å². The summed E-state index contributed by atoms with van der Waals surface area (Å²) in [5, 5.41) is 15.7. The topological polar surface area (TPSA) is 90.5 Å². The molecule has 8 nitrogen and oxygen atoms in total. The van der Waals surface area contributed by atoms with Gasteiger partial charge in [-0.05, 0) is 19.3 Å². The van der Waals surface area contributed by atoms with Gasteiger partial charge in [-0.25, -0.2) is 9.48 Å². The molecule has 1 aliphatic rings. The average Bonchev–Trinajstić information content (AvgIpc) is 3.02. The number of rotatable bonds is 5. The van der Waals surface area contributed by atoms with Crippen molar-refractivity contribution in [2.75, 3.05) is 18.6 Å². The predicted molar refractivity (Wildman–Crippen MR) is 76.2 cm³/mol. The number of ether oxygens (including phenoxy) is 1. The van der Waals surface area contributed by atoms with Gasteiger partial charge < -0.3 is 9.64 Å². The lowest BCUT2D eigenvalue weighted by molar-refractivity contribution is -0.384. The summed E-state index contributed by atoms with van der Waals surface area (Å²) in [6, 6.07) is -0.474. The molecule has 1 saturated heterocycles. The van der Waals surface area contributed by atoms with Crippen LogP contribution in [-0.4, -0.2) is 40.4 Å². The SMILES string of the molecule is CCCc1nn(C)c(N2CCCC2C(=O)OC)c1[N+](=O)[O-]. The van der Waals surface area contributed by atoms with E-state index in [1.54, 1.807) is 11.9 Å². The summed E-state index contributed by atoms with van der Waals surface area (Å²) < 4.78 is 6.30. The maximum atomic E-state index is 11.9. The molecule has 0 bridgehead atoms. The summed E-state index contributed by atoms with van der Waals surface area (Å²) in [5.74, 6) is 0.0383. The first-order valence-corrected chi connectivity index (χ1v) is 7.06. The summed E-state index contributed by atoms with van der Waals surface area (Å²) in [6.07, 6.45) is 2.75. The number of carbonyl (C=O) groups excluding carboxylic acids is 1. The van der Waals surface area contributed by atoms with Crippen LogP contribution in [0.1, 0.15) is 31.9 Å². The zero-order valence-corrected chi connectivity index (χ0v) is 12.5. The molecule has 0 aromatic carbocycles. The van der Waals surface area contributed by atoms with E-state index in [9.17, 15) is 14.9 Å². The van der Waals surface area contributed by atoms with Crippen molar-refractivity contribution in [3.63, 3.8) is 0 Å². The normalized spacial score (nSPS) is 18.0. The second kappa shape index (κ2) is 6.11. The van der Waals surface area contributed by atoms with Crippen molar-refractivity contribution >= 4 is 17.5 Å². The molecule has 0 aliphatic carbocycles. The molecule has 21 heavy (non-hydrogen) atoms. The molecular formula is C13H20N4O4. The standard InChI is InChI=1S/C13H20N4O4/c1-4-6-9-11(17(19)20)12(15(2)14-9)16-8-5-7-10(16)13(18)21-3/h10H,4-8H2,1-3H3. The average molecular weight is 296 g/mol. The Morgan fingerprint density at radius 3 is 2.86 bits per heavy atom. The molecule has 1 unspecified atom stereocenters. The van der Waals surface area contributed by atoms with Gasteiger partial charge in [0.15, 0.2) is 0 Å². The Morgan fingerprint density at radius 1 is 1.57 bits per heavy atom. The number of aromatic nitrogens is 2. The second-order valence-corrected chi connectivity index (χ2v) is 5.12. The van der Waals surface area contributed by atoms with Gasteiger partial charge in [-0.2, -0.15) is 5.10 Å². The zero-order chi connectivity index (χ0) is 15.6. The molecule has 116 valence electrons. The molecule has 0 saturated carbocycles. The van der Waals surface area contributed by atoms with Gasteiger partial charge >= 0.3 is 11.7 Å². The molecule has 2 heterocycles. The number of anilines is 1. The summed E-state index contributed by atoms with van der Waals surface area (Å²) in [5.41, 5.74) is 0.477. The molecule has 2 rings (SSSR count). The molecule has 0 radical (unpaired) electrons. The van der Waals surface area contributed by atoms with Crippen LogP contribution in [0.5, 0.6) is 0 Å². The van der Waals surface area contributed by atoms with Gasteiger partial charge in [-0.3, -0.25) is 10.1 Å². The molecule has 8 heteroatoms. The Bertz CT molecular complexity index is 555. The zero-order valence-electron chi connectivity index (χ0n) is 12.5. The third-order valence-electron chi connectivity index (χ3n) is 3.73. The van der Waals surface area contributed by atoms with Crippen molar-refractivity contribution in [1.29, 1.82) is 0 Å². The number of hydrogen-bond donors (Lipinski definition) is 0. The molecule has 0 spiro atoms. The van der Waals surface area contributed by atoms with Gasteiger partial charge in [0, 0.05) is 13.6 Å². The van der Waals surface area contributed by atoms with Gasteiger partial charge in [0.05, 0.1) is 12.0 Å². The van der Waals surface area contributed by atoms with E-state index in [1.807, 2.05) is 6.92 Å². The van der Waals surface area contributed by atoms with Crippen LogP contribution in [0.2, 0.25) is 0 Å². The molecule has 1 atom stereocenters. The maximum Gasteiger partial charge on any atom is 0.334 e. The lowest BCUT2D eigenvalue weighted by Crippen LogP contribution is -2.38. The minimum Gasteiger partial charge on any atom is -0.467 e. The molecule has 1 fully saturated rings. The molecule has 1 aliphatic heterocycles. The Hall–Kier alpha value is -2.12.